The number of carbonyl (C=O) groups excluding carboxylic acids is 1. The number of nitrogens with zero attached hydrogens (tertiary/aromatic N) is 5. The lowest BCUT2D eigenvalue weighted by molar-refractivity contribution is 0.0747. The number of nitrogens with one attached hydrogen (secondary N) is 1. The van der Waals surface area contributed by atoms with Crippen LogP contribution in [0.4, 0.5) is 5.13 Å². The molecule has 0 bridgehead atoms. The van der Waals surface area contributed by atoms with Crippen molar-refractivity contribution in [2.75, 3.05) is 31.1 Å². The van der Waals surface area contributed by atoms with E-state index >= 15 is 0 Å². The molecule has 0 aliphatic carbocycles. The molecule has 1 saturated heterocycles. The molecule has 1 fully saturated rings. The maximum absolute atomic E-state index is 12.7. The number of amides is 1. The fraction of sp³-hybridized carbons (Fsp3) is 0.294. The molecule has 4 rings (SSSR count). The number of aromatic amines is 1. The SMILES string of the molecule is O=C(c1ccc(CSc2ncn[nH]2)cc1)N1CCN(c2nccs2)CC1. The summed E-state index contributed by atoms with van der Waals surface area (Å²) in [6.07, 6.45) is 3.32. The van der Waals surface area contributed by atoms with Gasteiger partial charge in [-0.3, -0.25) is 9.89 Å². The van der Waals surface area contributed by atoms with Gasteiger partial charge in [0, 0.05) is 49.1 Å². The van der Waals surface area contributed by atoms with Crippen LogP contribution in [0.1, 0.15) is 15.9 Å². The Bertz CT molecular complexity index is 827. The highest BCUT2D eigenvalue weighted by atomic mass is 32.2. The first-order valence-electron chi connectivity index (χ1n) is 8.30. The number of carbonyl (C=O) groups is 1. The third kappa shape index (κ3) is 3.88. The first-order valence-corrected chi connectivity index (χ1v) is 10.2. The van der Waals surface area contributed by atoms with Crippen molar-refractivity contribution in [2.45, 2.75) is 10.9 Å². The van der Waals surface area contributed by atoms with Gasteiger partial charge in [-0.2, -0.15) is 5.10 Å². The smallest absolute Gasteiger partial charge is 0.253 e. The Kier molecular flexibility index (Phi) is 5.16. The summed E-state index contributed by atoms with van der Waals surface area (Å²) in [6.45, 7) is 3.10. The highest BCUT2D eigenvalue weighted by Gasteiger charge is 2.23. The lowest BCUT2D eigenvalue weighted by Gasteiger charge is -2.34. The molecule has 0 unspecified atom stereocenters. The van der Waals surface area contributed by atoms with Crippen LogP contribution < -0.4 is 4.90 Å². The van der Waals surface area contributed by atoms with E-state index < -0.39 is 0 Å². The van der Waals surface area contributed by atoms with Crippen molar-refractivity contribution < 1.29 is 4.79 Å². The maximum Gasteiger partial charge on any atom is 0.253 e. The van der Waals surface area contributed by atoms with Crippen LogP contribution in [0.3, 0.4) is 0 Å². The molecular weight excluding hydrogens is 368 g/mol. The summed E-state index contributed by atoms with van der Waals surface area (Å²) in [5, 5.41) is 10.5. The normalized spacial score (nSPS) is 14.6. The average molecular weight is 387 g/mol. The molecule has 3 heterocycles. The topological polar surface area (TPSA) is 78.0 Å². The van der Waals surface area contributed by atoms with Gasteiger partial charge in [0.15, 0.2) is 10.3 Å². The fourth-order valence-electron chi connectivity index (χ4n) is 2.81. The molecule has 0 radical (unpaired) electrons. The zero-order chi connectivity index (χ0) is 17.8. The van der Waals surface area contributed by atoms with Crippen molar-refractivity contribution in [2.24, 2.45) is 0 Å². The lowest BCUT2D eigenvalue weighted by Crippen LogP contribution is -2.48. The average Bonchev–Trinajstić information content (AvgIpc) is 3.40. The molecule has 1 amide bonds. The minimum atomic E-state index is 0.0956. The number of hydrogen-bond acceptors (Lipinski definition) is 7. The third-order valence-corrected chi connectivity index (χ3v) is 6.01. The molecule has 0 atom stereocenters. The Morgan fingerprint density at radius 2 is 1.96 bits per heavy atom. The number of piperazine rings is 1. The van der Waals surface area contributed by atoms with Gasteiger partial charge in [-0.1, -0.05) is 23.9 Å². The maximum atomic E-state index is 12.7. The van der Waals surface area contributed by atoms with E-state index in [0.717, 1.165) is 53.3 Å². The molecule has 1 N–H and O–H groups in total. The Morgan fingerprint density at radius 3 is 2.62 bits per heavy atom. The predicted molar refractivity (Wildman–Crippen MR) is 103 cm³/mol. The van der Waals surface area contributed by atoms with Gasteiger partial charge >= 0.3 is 0 Å². The van der Waals surface area contributed by atoms with E-state index in [0.29, 0.717) is 0 Å². The number of anilines is 1. The summed E-state index contributed by atoms with van der Waals surface area (Å²) < 4.78 is 0. The Hall–Kier alpha value is -2.39. The van der Waals surface area contributed by atoms with Crippen LogP contribution in [0.15, 0.2) is 47.3 Å². The Balaban J connectivity index is 1.32. The van der Waals surface area contributed by atoms with E-state index in [-0.39, 0.29) is 5.91 Å². The van der Waals surface area contributed by atoms with E-state index in [2.05, 4.69) is 25.1 Å². The van der Waals surface area contributed by atoms with Gasteiger partial charge in [0.05, 0.1) is 0 Å². The van der Waals surface area contributed by atoms with Gasteiger partial charge in [-0.25, -0.2) is 9.97 Å². The molecule has 3 aromatic rings. The first-order chi connectivity index (χ1) is 12.8. The lowest BCUT2D eigenvalue weighted by atomic mass is 10.1. The molecule has 9 heteroatoms. The van der Waals surface area contributed by atoms with Gasteiger partial charge in [0.2, 0.25) is 0 Å². The second-order valence-corrected chi connectivity index (χ2v) is 7.71. The number of aromatic nitrogens is 4. The van der Waals surface area contributed by atoms with Crippen molar-refractivity contribution in [3.63, 3.8) is 0 Å². The van der Waals surface area contributed by atoms with E-state index in [9.17, 15) is 4.79 Å². The van der Waals surface area contributed by atoms with E-state index in [4.69, 9.17) is 0 Å². The minimum absolute atomic E-state index is 0.0956. The monoisotopic (exact) mass is 386 g/mol. The van der Waals surface area contributed by atoms with Crippen LogP contribution in [0.25, 0.3) is 0 Å². The molecule has 2 aromatic heterocycles. The van der Waals surface area contributed by atoms with Crippen LogP contribution >= 0.6 is 23.1 Å². The number of rotatable bonds is 5. The number of thiazole rings is 1. The number of benzene rings is 1. The molecule has 7 nitrogen and oxygen atoms in total. The summed E-state index contributed by atoms with van der Waals surface area (Å²) in [4.78, 5) is 25.3. The summed E-state index contributed by atoms with van der Waals surface area (Å²) in [6, 6.07) is 7.82. The van der Waals surface area contributed by atoms with Crippen molar-refractivity contribution in [1.29, 1.82) is 0 Å². The van der Waals surface area contributed by atoms with Crippen LogP contribution in [0, 0.1) is 0 Å². The molecule has 26 heavy (non-hydrogen) atoms. The molecule has 0 saturated carbocycles. The predicted octanol–water partition coefficient (Wildman–Crippen LogP) is 2.52. The quantitative estimate of drug-likeness (QED) is 0.679. The molecule has 134 valence electrons. The summed E-state index contributed by atoms with van der Waals surface area (Å²) in [5.41, 5.74) is 1.89. The van der Waals surface area contributed by atoms with Crippen LogP contribution in [-0.2, 0) is 5.75 Å². The second kappa shape index (κ2) is 7.88. The second-order valence-electron chi connectivity index (χ2n) is 5.87. The standard InChI is InChI=1S/C17H18N6OS2/c24-15(22-6-8-23(9-7-22)17-18-5-10-25-17)14-3-1-13(2-4-14)11-26-16-19-12-20-21-16/h1-5,10,12H,6-9,11H2,(H,19,20,21). The van der Waals surface area contributed by atoms with E-state index in [1.807, 2.05) is 40.7 Å². The number of thioether (sulfide) groups is 1. The minimum Gasteiger partial charge on any atom is -0.345 e. The fourth-order valence-corrected chi connectivity index (χ4v) is 4.25. The van der Waals surface area contributed by atoms with E-state index in [1.54, 1.807) is 23.1 Å². The number of hydrogen-bond donors (Lipinski definition) is 1. The van der Waals surface area contributed by atoms with Crippen molar-refractivity contribution in [3.05, 3.63) is 53.3 Å². The summed E-state index contributed by atoms with van der Waals surface area (Å²) in [7, 11) is 0. The largest absolute Gasteiger partial charge is 0.345 e. The van der Waals surface area contributed by atoms with Gasteiger partial charge in [-0.05, 0) is 17.7 Å². The Morgan fingerprint density at radius 1 is 1.15 bits per heavy atom. The zero-order valence-corrected chi connectivity index (χ0v) is 15.7. The first kappa shape index (κ1) is 17.0. The number of H-pyrrole nitrogens is 1. The molecule has 1 aliphatic heterocycles. The van der Waals surface area contributed by atoms with E-state index in [1.165, 1.54) is 6.33 Å². The summed E-state index contributed by atoms with van der Waals surface area (Å²) in [5.74, 6) is 0.883. The van der Waals surface area contributed by atoms with Gasteiger partial charge in [-0.15, -0.1) is 11.3 Å². The van der Waals surface area contributed by atoms with Crippen LogP contribution in [0.2, 0.25) is 0 Å². The molecule has 1 aromatic carbocycles. The summed E-state index contributed by atoms with van der Waals surface area (Å²) >= 11 is 3.23. The Labute approximate surface area is 159 Å². The third-order valence-electron chi connectivity index (χ3n) is 4.23. The van der Waals surface area contributed by atoms with Crippen molar-refractivity contribution >= 4 is 34.1 Å². The van der Waals surface area contributed by atoms with Crippen molar-refractivity contribution in [1.82, 2.24) is 25.1 Å². The highest BCUT2D eigenvalue weighted by Crippen LogP contribution is 2.21. The van der Waals surface area contributed by atoms with Crippen LogP contribution in [0.5, 0.6) is 0 Å². The van der Waals surface area contributed by atoms with Crippen LogP contribution in [-0.4, -0.2) is 57.2 Å². The van der Waals surface area contributed by atoms with Gasteiger partial charge in [0.1, 0.15) is 6.33 Å². The van der Waals surface area contributed by atoms with Gasteiger partial charge in [0.25, 0.3) is 5.91 Å². The molecule has 1 aliphatic rings. The van der Waals surface area contributed by atoms with Crippen molar-refractivity contribution in [3.8, 4) is 0 Å². The van der Waals surface area contributed by atoms with Gasteiger partial charge < -0.3 is 9.80 Å². The molecular formula is C17H18N6OS2. The molecule has 0 spiro atoms. The zero-order valence-electron chi connectivity index (χ0n) is 14.0. The highest BCUT2D eigenvalue weighted by molar-refractivity contribution is 7.98.